The molecule has 0 aliphatic carbocycles. The van der Waals surface area contributed by atoms with Gasteiger partial charge in [0.2, 0.25) is 0 Å². The fourth-order valence-corrected chi connectivity index (χ4v) is 2.50. The van der Waals surface area contributed by atoms with E-state index in [1.165, 1.54) is 42.5 Å². The van der Waals surface area contributed by atoms with Crippen LogP contribution in [0.15, 0.2) is 48.5 Å². The van der Waals surface area contributed by atoms with Gasteiger partial charge in [-0.25, -0.2) is 4.39 Å². The zero-order chi connectivity index (χ0) is 18.2. The van der Waals surface area contributed by atoms with Crippen LogP contribution in [-0.4, -0.2) is 10.9 Å². The van der Waals surface area contributed by atoms with Crippen LogP contribution in [0.4, 0.5) is 23.2 Å². The van der Waals surface area contributed by atoms with Crippen LogP contribution in [-0.2, 0) is 6.18 Å². The lowest BCUT2D eigenvalue weighted by Gasteiger charge is -2.14. The number of hydrogen-bond donors (Lipinski definition) is 1. The molecule has 1 amide bonds. The number of para-hydroxylation sites is 1. The number of anilines is 1. The summed E-state index contributed by atoms with van der Waals surface area (Å²) < 4.78 is 52.4. The van der Waals surface area contributed by atoms with E-state index in [-0.39, 0.29) is 11.3 Å². The van der Waals surface area contributed by atoms with E-state index in [1.807, 2.05) is 0 Å². The van der Waals surface area contributed by atoms with Crippen molar-refractivity contribution in [3.8, 4) is 0 Å². The molecule has 3 nitrogen and oxygen atoms in total. The molecule has 0 saturated carbocycles. The molecule has 2 aromatic carbocycles. The average molecular weight is 348 g/mol. The molecule has 25 heavy (non-hydrogen) atoms. The van der Waals surface area contributed by atoms with Crippen molar-refractivity contribution in [2.75, 3.05) is 5.32 Å². The highest BCUT2D eigenvalue weighted by atomic mass is 19.4. The maximum absolute atomic E-state index is 13.3. The fraction of sp³-hybridized carbons (Fsp3) is 0.111. The van der Waals surface area contributed by atoms with Crippen LogP contribution in [0, 0.1) is 12.7 Å². The molecule has 1 N–H and O–H groups in total. The van der Waals surface area contributed by atoms with E-state index in [2.05, 4.69) is 10.3 Å². The van der Waals surface area contributed by atoms with Gasteiger partial charge in [-0.3, -0.25) is 9.78 Å². The lowest BCUT2D eigenvalue weighted by atomic mass is 10.1. The SMILES string of the molecule is Cc1nc2ccc(F)cc2cc1C(=O)Nc1ccccc1C(F)(F)F. The molecule has 0 aliphatic rings. The summed E-state index contributed by atoms with van der Waals surface area (Å²) in [5.74, 6) is -1.24. The third-order valence-corrected chi connectivity index (χ3v) is 3.69. The number of rotatable bonds is 2. The number of alkyl halides is 3. The number of carbonyl (C=O) groups is 1. The van der Waals surface area contributed by atoms with Gasteiger partial charge < -0.3 is 5.32 Å². The molecule has 3 rings (SSSR count). The van der Waals surface area contributed by atoms with Crippen molar-refractivity contribution in [3.05, 3.63) is 71.2 Å². The Kier molecular flexibility index (Phi) is 4.16. The molecule has 1 heterocycles. The Hall–Kier alpha value is -2.96. The molecule has 3 aromatic rings. The average Bonchev–Trinajstić information content (AvgIpc) is 2.54. The Morgan fingerprint density at radius 3 is 2.52 bits per heavy atom. The zero-order valence-electron chi connectivity index (χ0n) is 13.0. The number of benzene rings is 2. The Balaban J connectivity index is 2.00. The van der Waals surface area contributed by atoms with Gasteiger partial charge in [0.1, 0.15) is 5.82 Å². The van der Waals surface area contributed by atoms with Crippen LogP contribution in [0.25, 0.3) is 10.9 Å². The lowest BCUT2D eigenvalue weighted by molar-refractivity contribution is -0.136. The second-order valence-corrected chi connectivity index (χ2v) is 5.46. The van der Waals surface area contributed by atoms with E-state index in [1.54, 1.807) is 6.92 Å². The number of pyridine rings is 1. The van der Waals surface area contributed by atoms with Gasteiger partial charge in [-0.1, -0.05) is 12.1 Å². The van der Waals surface area contributed by atoms with Gasteiger partial charge in [-0.15, -0.1) is 0 Å². The van der Waals surface area contributed by atoms with Crippen LogP contribution in [0.3, 0.4) is 0 Å². The summed E-state index contributed by atoms with van der Waals surface area (Å²) in [6.45, 7) is 1.56. The van der Waals surface area contributed by atoms with Crippen LogP contribution < -0.4 is 5.32 Å². The number of carbonyl (C=O) groups excluding carboxylic acids is 1. The number of amides is 1. The topological polar surface area (TPSA) is 42.0 Å². The maximum Gasteiger partial charge on any atom is 0.418 e. The predicted molar refractivity (Wildman–Crippen MR) is 85.8 cm³/mol. The molecule has 1 aromatic heterocycles. The molecular formula is C18H12F4N2O. The number of halogens is 4. The van der Waals surface area contributed by atoms with Crippen LogP contribution in [0.5, 0.6) is 0 Å². The highest BCUT2D eigenvalue weighted by Gasteiger charge is 2.33. The molecule has 128 valence electrons. The summed E-state index contributed by atoms with van der Waals surface area (Å²) in [6.07, 6.45) is -4.59. The van der Waals surface area contributed by atoms with Gasteiger partial charge in [0.15, 0.2) is 0 Å². The number of nitrogens with one attached hydrogen (secondary N) is 1. The van der Waals surface area contributed by atoms with E-state index >= 15 is 0 Å². The summed E-state index contributed by atoms with van der Waals surface area (Å²) in [7, 11) is 0. The third kappa shape index (κ3) is 3.45. The van der Waals surface area contributed by atoms with Gasteiger partial charge >= 0.3 is 6.18 Å². The first kappa shape index (κ1) is 16.9. The summed E-state index contributed by atoms with van der Waals surface area (Å²) in [4.78, 5) is 16.6. The summed E-state index contributed by atoms with van der Waals surface area (Å²) >= 11 is 0. The van der Waals surface area contributed by atoms with Crippen LogP contribution >= 0.6 is 0 Å². The largest absolute Gasteiger partial charge is 0.418 e. The normalized spacial score (nSPS) is 11.6. The summed E-state index contributed by atoms with van der Waals surface area (Å²) in [5, 5.41) is 2.65. The third-order valence-electron chi connectivity index (χ3n) is 3.69. The zero-order valence-corrected chi connectivity index (χ0v) is 13.0. The minimum Gasteiger partial charge on any atom is -0.321 e. The minimum atomic E-state index is -4.59. The van der Waals surface area contributed by atoms with E-state index in [0.717, 1.165) is 6.07 Å². The van der Waals surface area contributed by atoms with Gasteiger partial charge in [-0.05, 0) is 43.3 Å². The smallest absolute Gasteiger partial charge is 0.321 e. The predicted octanol–water partition coefficient (Wildman–Crippen LogP) is 4.95. The van der Waals surface area contributed by atoms with Crippen molar-refractivity contribution in [2.45, 2.75) is 13.1 Å². The van der Waals surface area contributed by atoms with Gasteiger partial charge in [0, 0.05) is 5.39 Å². The summed E-state index contributed by atoms with van der Waals surface area (Å²) in [5.41, 5.74) is -0.387. The Labute approximate surface area is 140 Å². The molecule has 0 aliphatic heterocycles. The number of fused-ring (bicyclic) bond motifs is 1. The molecule has 7 heteroatoms. The summed E-state index contributed by atoms with van der Waals surface area (Å²) in [6, 6.07) is 10.0. The molecular weight excluding hydrogens is 336 g/mol. The Bertz CT molecular complexity index is 967. The molecule has 0 saturated heterocycles. The van der Waals surface area contributed by atoms with E-state index in [4.69, 9.17) is 0 Å². The second-order valence-electron chi connectivity index (χ2n) is 5.46. The fourth-order valence-electron chi connectivity index (χ4n) is 2.50. The van der Waals surface area contributed by atoms with Crippen molar-refractivity contribution in [1.82, 2.24) is 4.98 Å². The van der Waals surface area contributed by atoms with Gasteiger partial charge in [0.25, 0.3) is 5.91 Å². The highest BCUT2D eigenvalue weighted by molar-refractivity contribution is 6.07. The first-order valence-corrected chi connectivity index (χ1v) is 7.30. The van der Waals surface area contributed by atoms with Crippen molar-refractivity contribution in [1.29, 1.82) is 0 Å². The van der Waals surface area contributed by atoms with Gasteiger partial charge in [0.05, 0.1) is 28.0 Å². The molecule has 0 bridgehead atoms. The highest BCUT2D eigenvalue weighted by Crippen LogP contribution is 2.34. The Morgan fingerprint density at radius 2 is 1.80 bits per heavy atom. The second kappa shape index (κ2) is 6.16. The van der Waals surface area contributed by atoms with Crippen molar-refractivity contribution >= 4 is 22.5 Å². The first-order chi connectivity index (χ1) is 11.8. The first-order valence-electron chi connectivity index (χ1n) is 7.30. The van der Waals surface area contributed by atoms with E-state index in [0.29, 0.717) is 16.6 Å². The van der Waals surface area contributed by atoms with Crippen LogP contribution in [0.2, 0.25) is 0 Å². The van der Waals surface area contributed by atoms with Gasteiger partial charge in [-0.2, -0.15) is 13.2 Å². The molecule has 0 atom stereocenters. The van der Waals surface area contributed by atoms with Crippen molar-refractivity contribution in [2.24, 2.45) is 0 Å². The standard InChI is InChI=1S/C18H12F4N2O/c1-10-13(9-11-8-12(19)6-7-15(11)23-10)17(25)24-16-5-3-2-4-14(16)18(20,21)22/h2-9H,1H3,(H,24,25). The van der Waals surface area contributed by atoms with E-state index in [9.17, 15) is 22.4 Å². The lowest BCUT2D eigenvalue weighted by Crippen LogP contribution is -2.18. The number of nitrogens with zero attached hydrogens (tertiary/aromatic N) is 1. The van der Waals surface area contributed by atoms with Crippen LogP contribution in [0.1, 0.15) is 21.6 Å². The number of aromatic nitrogens is 1. The van der Waals surface area contributed by atoms with Crippen molar-refractivity contribution in [3.63, 3.8) is 0 Å². The molecule has 0 unspecified atom stereocenters. The minimum absolute atomic E-state index is 0.0788. The quantitative estimate of drug-likeness (QED) is 0.666. The van der Waals surface area contributed by atoms with Crippen molar-refractivity contribution < 1.29 is 22.4 Å². The number of hydrogen-bond acceptors (Lipinski definition) is 2. The monoisotopic (exact) mass is 348 g/mol. The van der Waals surface area contributed by atoms with E-state index < -0.39 is 23.5 Å². The number of aryl methyl sites for hydroxylation is 1. The molecule has 0 fully saturated rings. The molecule has 0 spiro atoms. The molecule has 0 radical (unpaired) electrons. The Morgan fingerprint density at radius 1 is 1.08 bits per heavy atom. The maximum atomic E-state index is 13.3.